The first-order valence-corrected chi connectivity index (χ1v) is 9.70. The molecule has 1 aliphatic heterocycles. The van der Waals surface area contributed by atoms with Gasteiger partial charge in [0.25, 0.3) is 0 Å². The van der Waals surface area contributed by atoms with Crippen molar-refractivity contribution < 1.29 is 32.2 Å². The van der Waals surface area contributed by atoms with Crippen LogP contribution in [0.1, 0.15) is 17.9 Å². The zero-order chi connectivity index (χ0) is 19.6. The van der Waals surface area contributed by atoms with Gasteiger partial charge in [0.1, 0.15) is 11.2 Å². The minimum Gasteiger partial charge on any atom is -0.489 e. The molecule has 0 radical (unpaired) electrons. The van der Waals surface area contributed by atoms with Gasteiger partial charge in [-0.1, -0.05) is 12.1 Å². The van der Waals surface area contributed by atoms with E-state index in [9.17, 15) is 17.6 Å². The van der Waals surface area contributed by atoms with Crippen molar-refractivity contribution in [2.24, 2.45) is 5.73 Å². The number of aliphatic carboxylic acids is 1. The highest BCUT2D eigenvalue weighted by Crippen LogP contribution is 2.43. The molecule has 0 aromatic heterocycles. The summed E-state index contributed by atoms with van der Waals surface area (Å²) in [7, 11) is -3.92. The number of nitrogens with two attached hydrogens (primary N) is 1. The number of sulfone groups is 1. The van der Waals surface area contributed by atoms with Gasteiger partial charge in [-0.25, -0.2) is 17.6 Å². The van der Waals surface area contributed by atoms with Crippen LogP contribution in [-0.2, 0) is 14.6 Å². The van der Waals surface area contributed by atoms with Crippen LogP contribution in [-0.4, -0.2) is 38.1 Å². The first-order chi connectivity index (χ1) is 12.8. The molecule has 0 amide bonds. The van der Waals surface area contributed by atoms with E-state index in [2.05, 4.69) is 0 Å². The van der Waals surface area contributed by atoms with Gasteiger partial charge in [0.2, 0.25) is 0 Å². The molecule has 7 nitrogen and oxygen atoms in total. The fourth-order valence-corrected chi connectivity index (χ4v) is 4.56. The minimum absolute atomic E-state index is 0.0669. The predicted molar refractivity (Wildman–Crippen MR) is 94.0 cm³/mol. The third-order valence-electron chi connectivity index (χ3n) is 4.33. The maximum atomic E-state index is 13.1. The molecule has 9 heteroatoms. The molecule has 3 N–H and O–H groups in total. The molecular weight excluding hydrogens is 377 g/mol. The van der Waals surface area contributed by atoms with E-state index in [0.29, 0.717) is 17.7 Å². The third kappa shape index (κ3) is 3.88. The lowest BCUT2D eigenvalue weighted by atomic mass is 9.92. The topological polar surface area (TPSA) is 116 Å². The Bertz CT molecular complexity index is 945. The molecule has 0 spiro atoms. The molecule has 0 saturated carbocycles. The van der Waals surface area contributed by atoms with Gasteiger partial charge in [-0.2, -0.15) is 0 Å². The number of hydrogen-bond donors (Lipinski definition) is 2. The maximum Gasteiger partial charge on any atom is 0.341 e. The van der Waals surface area contributed by atoms with E-state index in [1.54, 1.807) is 18.2 Å². The van der Waals surface area contributed by atoms with Crippen molar-refractivity contribution >= 4 is 15.8 Å². The molecule has 2 atom stereocenters. The van der Waals surface area contributed by atoms with E-state index in [-0.39, 0.29) is 17.3 Å². The Morgan fingerprint density at radius 1 is 1.30 bits per heavy atom. The standard InChI is InChI=1S/C18H18FNO6S/c19-11-4-6-12(7-5-11)27(23,24)18(20)14-8-9-25-17-13(14)2-1-3-15(17)26-10-16(21)22/h1-7,14,18H,8-10,20H2,(H,21,22). The van der Waals surface area contributed by atoms with Crippen molar-refractivity contribution in [1.29, 1.82) is 0 Å². The van der Waals surface area contributed by atoms with Gasteiger partial charge in [-0.15, -0.1) is 0 Å². The maximum absolute atomic E-state index is 13.1. The zero-order valence-corrected chi connectivity index (χ0v) is 15.0. The second-order valence-electron chi connectivity index (χ2n) is 6.06. The molecule has 0 aliphatic carbocycles. The number of benzene rings is 2. The van der Waals surface area contributed by atoms with Crippen molar-refractivity contribution in [3.8, 4) is 11.5 Å². The molecule has 1 heterocycles. The second kappa shape index (κ2) is 7.53. The van der Waals surface area contributed by atoms with Crippen LogP contribution in [0, 0.1) is 5.82 Å². The number of para-hydroxylation sites is 1. The summed E-state index contributed by atoms with van der Waals surface area (Å²) >= 11 is 0. The first-order valence-electron chi connectivity index (χ1n) is 8.16. The molecule has 0 saturated heterocycles. The van der Waals surface area contributed by atoms with Crippen LogP contribution >= 0.6 is 0 Å². The van der Waals surface area contributed by atoms with E-state index in [1.165, 1.54) is 12.1 Å². The van der Waals surface area contributed by atoms with E-state index >= 15 is 0 Å². The van der Waals surface area contributed by atoms with Crippen LogP contribution in [0.15, 0.2) is 47.4 Å². The van der Waals surface area contributed by atoms with Crippen LogP contribution in [0.5, 0.6) is 11.5 Å². The molecule has 2 unspecified atom stereocenters. The molecule has 144 valence electrons. The summed E-state index contributed by atoms with van der Waals surface area (Å²) in [5, 5.41) is 7.50. The van der Waals surface area contributed by atoms with Crippen molar-refractivity contribution in [2.45, 2.75) is 22.6 Å². The smallest absolute Gasteiger partial charge is 0.341 e. The third-order valence-corrected chi connectivity index (χ3v) is 6.31. The van der Waals surface area contributed by atoms with Crippen molar-refractivity contribution in [3.63, 3.8) is 0 Å². The Balaban J connectivity index is 1.94. The van der Waals surface area contributed by atoms with E-state index < -0.39 is 39.5 Å². The molecular formula is C18H18FNO6S. The summed E-state index contributed by atoms with van der Waals surface area (Å²) in [5.41, 5.74) is 6.64. The first kappa shape index (κ1) is 19.1. The highest BCUT2D eigenvalue weighted by molar-refractivity contribution is 7.92. The molecule has 3 rings (SSSR count). The molecule has 2 aromatic rings. The lowest BCUT2D eigenvalue weighted by Crippen LogP contribution is -2.39. The van der Waals surface area contributed by atoms with Gasteiger partial charge in [0.15, 0.2) is 27.9 Å². The number of fused-ring (bicyclic) bond motifs is 1. The molecule has 27 heavy (non-hydrogen) atoms. The van der Waals surface area contributed by atoms with Crippen LogP contribution < -0.4 is 15.2 Å². The van der Waals surface area contributed by atoms with E-state index in [4.69, 9.17) is 20.3 Å². The normalized spacial score (nSPS) is 17.5. The van der Waals surface area contributed by atoms with Crippen LogP contribution in [0.2, 0.25) is 0 Å². The number of carboxylic acid groups (broad SMARTS) is 1. The Kier molecular flexibility index (Phi) is 5.33. The number of rotatable bonds is 6. The number of carboxylic acids is 1. The van der Waals surface area contributed by atoms with Gasteiger partial charge < -0.3 is 20.3 Å². The Morgan fingerprint density at radius 3 is 2.67 bits per heavy atom. The zero-order valence-electron chi connectivity index (χ0n) is 14.2. The van der Waals surface area contributed by atoms with Crippen LogP contribution in [0.3, 0.4) is 0 Å². The predicted octanol–water partition coefficient (Wildman–Crippen LogP) is 1.91. The number of carbonyl (C=O) groups is 1. The van der Waals surface area contributed by atoms with Crippen molar-refractivity contribution in [1.82, 2.24) is 0 Å². The highest BCUT2D eigenvalue weighted by atomic mass is 32.2. The minimum atomic E-state index is -3.92. The van der Waals surface area contributed by atoms with Gasteiger partial charge >= 0.3 is 5.97 Å². The summed E-state index contributed by atoms with van der Waals surface area (Å²) in [5.74, 6) is -1.77. The van der Waals surface area contributed by atoms with Crippen molar-refractivity contribution in [2.75, 3.05) is 13.2 Å². The lowest BCUT2D eigenvalue weighted by Gasteiger charge is -2.31. The van der Waals surface area contributed by atoms with Gasteiger partial charge in [0.05, 0.1) is 11.5 Å². The van der Waals surface area contributed by atoms with Crippen molar-refractivity contribution in [3.05, 3.63) is 53.8 Å². The molecule has 2 aromatic carbocycles. The second-order valence-corrected chi connectivity index (χ2v) is 8.17. The average Bonchev–Trinajstić information content (AvgIpc) is 2.65. The Hall–Kier alpha value is -2.65. The van der Waals surface area contributed by atoms with E-state index in [0.717, 1.165) is 12.1 Å². The Morgan fingerprint density at radius 2 is 2.00 bits per heavy atom. The summed E-state index contributed by atoms with van der Waals surface area (Å²) in [6.45, 7) is -0.345. The highest BCUT2D eigenvalue weighted by Gasteiger charge is 2.37. The molecule has 0 fully saturated rings. The summed E-state index contributed by atoms with van der Waals surface area (Å²) in [4.78, 5) is 10.7. The SMILES string of the molecule is NC(C1CCOc2c(OCC(=O)O)cccc21)S(=O)(=O)c1ccc(F)cc1. The van der Waals surface area contributed by atoms with Gasteiger partial charge in [-0.3, -0.25) is 0 Å². The van der Waals surface area contributed by atoms with E-state index in [1.807, 2.05) is 0 Å². The molecule has 0 bridgehead atoms. The summed E-state index contributed by atoms with van der Waals surface area (Å²) < 4.78 is 49.6. The van der Waals surface area contributed by atoms with Gasteiger partial charge in [-0.05, 0) is 36.8 Å². The average molecular weight is 395 g/mol. The fraction of sp³-hybridized carbons (Fsp3) is 0.278. The van der Waals surface area contributed by atoms with Gasteiger partial charge in [0, 0.05) is 11.5 Å². The Labute approximate surface area is 155 Å². The lowest BCUT2D eigenvalue weighted by molar-refractivity contribution is -0.139. The van der Waals surface area contributed by atoms with Crippen LogP contribution in [0.4, 0.5) is 4.39 Å². The number of ether oxygens (including phenoxy) is 2. The summed E-state index contributed by atoms with van der Waals surface area (Å²) in [6, 6.07) is 9.32. The number of halogens is 1. The largest absolute Gasteiger partial charge is 0.489 e. The fourth-order valence-electron chi connectivity index (χ4n) is 3.01. The van der Waals surface area contributed by atoms with Crippen LogP contribution in [0.25, 0.3) is 0 Å². The summed E-state index contributed by atoms with van der Waals surface area (Å²) in [6.07, 6.45) is 0.358. The monoisotopic (exact) mass is 395 g/mol. The molecule has 1 aliphatic rings. The number of hydrogen-bond acceptors (Lipinski definition) is 6. The quantitative estimate of drug-likeness (QED) is 0.718.